The maximum atomic E-state index is 11.9. The molecular weight excluding hydrogens is 268 g/mol. The summed E-state index contributed by atoms with van der Waals surface area (Å²) in [6.07, 6.45) is 3.22. The van der Waals surface area contributed by atoms with Crippen LogP contribution in [0.3, 0.4) is 0 Å². The highest BCUT2D eigenvalue weighted by molar-refractivity contribution is 5.74. The van der Waals surface area contributed by atoms with Crippen molar-refractivity contribution in [3.8, 4) is 0 Å². The number of aliphatic hydroxyl groups is 1. The van der Waals surface area contributed by atoms with Gasteiger partial charge >= 0.3 is 6.03 Å². The Kier molecular flexibility index (Phi) is 6.68. The Bertz CT molecular complexity index is 455. The van der Waals surface area contributed by atoms with E-state index >= 15 is 0 Å². The third-order valence-electron chi connectivity index (χ3n) is 3.93. The molecule has 1 heterocycles. The van der Waals surface area contributed by atoms with Crippen LogP contribution in [0.15, 0.2) is 6.20 Å². The molecule has 0 aliphatic carbocycles. The Labute approximate surface area is 126 Å². The summed E-state index contributed by atoms with van der Waals surface area (Å²) in [5.41, 5.74) is 1.90. The summed E-state index contributed by atoms with van der Waals surface area (Å²) in [7, 11) is 1.86. The molecule has 0 radical (unpaired) electrons. The molecule has 2 atom stereocenters. The van der Waals surface area contributed by atoms with Crippen LogP contribution in [0.2, 0.25) is 0 Å². The summed E-state index contributed by atoms with van der Waals surface area (Å²) in [5.74, 6) is 0.225. The number of urea groups is 1. The monoisotopic (exact) mass is 296 g/mol. The molecule has 0 spiro atoms. The van der Waals surface area contributed by atoms with Gasteiger partial charge in [0.2, 0.25) is 0 Å². The normalized spacial score (nSPS) is 14.0. The van der Waals surface area contributed by atoms with E-state index in [-0.39, 0.29) is 24.5 Å². The van der Waals surface area contributed by atoms with Crippen molar-refractivity contribution in [2.75, 3.05) is 6.54 Å². The van der Waals surface area contributed by atoms with E-state index in [4.69, 9.17) is 0 Å². The standard InChI is InChI=1S/C15H28N4O2/c1-6-12(7-2)14(20)8-16-15(21)17-10(3)13-9-19(5)18-11(13)4/h9-10,12,14,20H,6-8H2,1-5H3,(H2,16,17,21)/t10-,14-/m1/s1. The Morgan fingerprint density at radius 2 is 2.05 bits per heavy atom. The molecule has 6 nitrogen and oxygen atoms in total. The first-order chi connectivity index (χ1) is 9.88. The Morgan fingerprint density at radius 3 is 2.52 bits per heavy atom. The summed E-state index contributed by atoms with van der Waals surface area (Å²) >= 11 is 0. The molecule has 0 saturated heterocycles. The molecule has 0 fully saturated rings. The van der Waals surface area contributed by atoms with Gasteiger partial charge in [-0.25, -0.2) is 4.79 Å². The molecule has 6 heteroatoms. The van der Waals surface area contributed by atoms with E-state index in [1.54, 1.807) is 4.68 Å². The number of hydrogen-bond donors (Lipinski definition) is 3. The molecule has 0 aliphatic heterocycles. The van der Waals surface area contributed by atoms with Crippen LogP contribution in [-0.2, 0) is 7.05 Å². The third kappa shape index (κ3) is 5.04. The van der Waals surface area contributed by atoms with E-state index in [1.807, 2.05) is 40.9 Å². The van der Waals surface area contributed by atoms with Gasteiger partial charge in [-0.3, -0.25) is 4.68 Å². The minimum absolute atomic E-state index is 0.121. The van der Waals surface area contributed by atoms with Gasteiger partial charge in [-0.05, 0) is 19.8 Å². The van der Waals surface area contributed by atoms with Gasteiger partial charge in [-0.15, -0.1) is 0 Å². The molecule has 1 aromatic heterocycles. The van der Waals surface area contributed by atoms with Crippen LogP contribution in [0.25, 0.3) is 0 Å². The van der Waals surface area contributed by atoms with Gasteiger partial charge < -0.3 is 15.7 Å². The van der Waals surface area contributed by atoms with Crippen LogP contribution < -0.4 is 10.6 Å². The van der Waals surface area contributed by atoms with Crippen molar-refractivity contribution < 1.29 is 9.90 Å². The zero-order chi connectivity index (χ0) is 16.0. The fourth-order valence-corrected chi connectivity index (χ4v) is 2.57. The summed E-state index contributed by atoms with van der Waals surface area (Å²) in [6.45, 7) is 8.20. The number of carbonyl (C=O) groups is 1. The SMILES string of the molecule is CCC(CC)[C@H](O)CNC(=O)N[C@H](C)c1cn(C)nc1C. The Balaban J connectivity index is 2.45. The number of nitrogens with one attached hydrogen (secondary N) is 2. The lowest BCUT2D eigenvalue weighted by Gasteiger charge is -2.21. The molecule has 3 N–H and O–H groups in total. The smallest absolute Gasteiger partial charge is 0.315 e. The number of rotatable bonds is 7. The average molecular weight is 296 g/mol. The highest BCUT2D eigenvalue weighted by Gasteiger charge is 2.18. The van der Waals surface area contributed by atoms with Gasteiger partial charge in [0.05, 0.1) is 17.8 Å². The lowest BCUT2D eigenvalue weighted by molar-refractivity contribution is 0.103. The Hall–Kier alpha value is -1.56. The molecule has 1 aromatic rings. The second kappa shape index (κ2) is 8.02. The van der Waals surface area contributed by atoms with Crippen molar-refractivity contribution in [2.24, 2.45) is 13.0 Å². The quantitative estimate of drug-likeness (QED) is 0.719. The van der Waals surface area contributed by atoms with Crippen molar-refractivity contribution >= 4 is 6.03 Å². The fourth-order valence-electron chi connectivity index (χ4n) is 2.57. The van der Waals surface area contributed by atoms with Gasteiger partial charge in [0.25, 0.3) is 0 Å². The Morgan fingerprint density at radius 1 is 1.43 bits per heavy atom. The van der Waals surface area contributed by atoms with Crippen LogP contribution in [0, 0.1) is 12.8 Å². The molecule has 0 aliphatic rings. The maximum absolute atomic E-state index is 11.9. The summed E-state index contributed by atoms with van der Waals surface area (Å²) in [6, 6.07) is -0.389. The highest BCUT2D eigenvalue weighted by atomic mass is 16.3. The van der Waals surface area contributed by atoms with Crippen molar-refractivity contribution in [1.82, 2.24) is 20.4 Å². The number of nitrogens with zero attached hydrogens (tertiary/aromatic N) is 2. The van der Waals surface area contributed by atoms with Gasteiger partial charge in [0.1, 0.15) is 0 Å². The maximum Gasteiger partial charge on any atom is 0.315 e. The van der Waals surface area contributed by atoms with Crippen LogP contribution in [0.1, 0.15) is 50.9 Å². The molecule has 1 rings (SSSR count). The van der Waals surface area contributed by atoms with Gasteiger partial charge in [0.15, 0.2) is 0 Å². The van der Waals surface area contributed by atoms with E-state index in [0.717, 1.165) is 24.1 Å². The summed E-state index contributed by atoms with van der Waals surface area (Å²) in [4.78, 5) is 11.9. The van der Waals surface area contributed by atoms with Crippen LogP contribution in [-0.4, -0.2) is 33.6 Å². The summed E-state index contributed by atoms with van der Waals surface area (Å²) < 4.78 is 1.73. The molecule has 21 heavy (non-hydrogen) atoms. The lowest BCUT2D eigenvalue weighted by Crippen LogP contribution is -2.42. The fraction of sp³-hybridized carbons (Fsp3) is 0.733. The summed E-state index contributed by atoms with van der Waals surface area (Å²) in [5, 5.41) is 19.9. The first-order valence-corrected chi connectivity index (χ1v) is 7.61. The number of aromatic nitrogens is 2. The molecule has 0 saturated carbocycles. The van der Waals surface area contributed by atoms with E-state index < -0.39 is 6.10 Å². The highest BCUT2D eigenvalue weighted by Crippen LogP contribution is 2.15. The predicted molar refractivity (Wildman–Crippen MR) is 83.0 cm³/mol. The van der Waals surface area contributed by atoms with Crippen molar-refractivity contribution in [3.05, 3.63) is 17.5 Å². The largest absolute Gasteiger partial charge is 0.391 e. The number of carbonyl (C=O) groups excluding carboxylic acids is 1. The van der Waals surface area contributed by atoms with Gasteiger partial charge in [-0.2, -0.15) is 5.10 Å². The topological polar surface area (TPSA) is 79.2 Å². The van der Waals surface area contributed by atoms with Crippen LogP contribution >= 0.6 is 0 Å². The lowest BCUT2D eigenvalue weighted by atomic mass is 9.97. The molecular formula is C15H28N4O2. The van der Waals surface area contributed by atoms with E-state index in [0.29, 0.717) is 0 Å². The zero-order valence-electron chi connectivity index (χ0n) is 13.7. The average Bonchev–Trinajstić information content (AvgIpc) is 2.77. The van der Waals surface area contributed by atoms with Crippen molar-refractivity contribution in [2.45, 2.75) is 52.7 Å². The van der Waals surface area contributed by atoms with Crippen molar-refractivity contribution in [3.63, 3.8) is 0 Å². The molecule has 120 valence electrons. The van der Waals surface area contributed by atoms with Gasteiger partial charge in [0, 0.05) is 25.4 Å². The van der Waals surface area contributed by atoms with Crippen molar-refractivity contribution in [1.29, 1.82) is 0 Å². The van der Waals surface area contributed by atoms with Crippen LogP contribution in [0.5, 0.6) is 0 Å². The second-order valence-electron chi connectivity index (χ2n) is 5.56. The van der Waals surface area contributed by atoms with E-state index in [2.05, 4.69) is 15.7 Å². The number of hydrogen-bond acceptors (Lipinski definition) is 3. The third-order valence-corrected chi connectivity index (χ3v) is 3.93. The molecule has 2 amide bonds. The molecule has 0 bridgehead atoms. The number of aryl methyl sites for hydroxylation is 2. The first-order valence-electron chi connectivity index (χ1n) is 7.61. The second-order valence-corrected chi connectivity index (χ2v) is 5.56. The minimum Gasteiger partial charge on any atom is -0.391 e. The van der Waals surface area contributed by atoms with Crippen LogP contribution in [0.4, 0.5) is 4.79 Å². The number of aliphatic hydroxyl groups excluding tert-OH is 1. The zero-order valence-corrected chi connectivity index (χ0v) is 13.7. The van der Waals surface area contributed by atoms with E-state index in [1.165, 1.54) is 0 Å². The predicted octanol–water partition coefficient (Wildman–Crippen LogP) is 1.89. The first kappa shape index (κ1) is 17.5. The van der Waals surface area contributed by atoms with Gasteiger partial charge in [-0.1, -0.05) is 26.7 Å². The number of amides is 2. The van der Waals surface area contributed by atoms with E-state index in [9.17, 15) is 9.90 Å². The molecule has 0 aromatic carbocycles. The minimum atomic E-state index is -0.499. The molecule has 0 unspecified atom stereocenters.